The van der Waals surface area contributed by atoms with E-state index in [4.69, 9.17) is 11.6 Å². The maximum atomic E-state index is 13.4. The zero-order valence-electron chi connectivity index (χ0n) is 13.9. The SMILES string of the molecule is O=C(Nc1nnc(SCc2ccc(F)cc2)s1)c1sc2cc(F)ccc2c1Cl. The number of halogens is 3. The third-order valence-corrected chi connectivity index (χ3v) is 7.40. The largest absolute Gasteiger partial charge is 0.296 e. The molecule has 0 atom stereocenters. The van der Waals surface area contributed by atoms with Gasteiger partial charge in [-0.25, -0.2) is 8.78 Å². The number of nitrogens with zero attached hydrogens (tertiary/aromatic N) is 2. The van der Waals surface area contributed by atoms with Crippen LogP contribution in [0.3, 0.4) is 0 Å². The van der Waals surface area contributed by atoms with Crippen LogP contribution in [0.4, 0.5) is 13.9 Å². The number of hydrogen-bond acceptors (Lipinski definition) is 6. The number of fused-ring (bicyclic) bond motifs is 1. The number of anilines is 1. The molecule has 1 N–H and O–H groups in total. The molecule has 0 unspecified atom stereocenters. The van der Waals surface area contributed by atoms with E-state index in [2.05, 4.69) is 15.5 Å². The zero-order valence-corrected chi connectivity index (χ0v) is 17.1. The first-order valence-electron chi connectivity index (χ1n) is 7.89. The monoisotopic (exact) mass is 453 g/mol. The minimum Gasteiger partial charge on any atom is -0.296 e. The van der Waals surface area contributed by atoms with E-state index in [9.17, 15) is 13.6 Å². The van der Waals surface area contributed by atoms with Gasteiger partial charge in [-0.05, 0) is 35.9 Å². The fraction of sp³-hybridized carbons (Fsp3) is 0.0556. The predicted octanol–water partition coefficient (Wildman–Crippen LogP) is 6.23. The Hall–Kier alpha value is -2.07. The van der Waals surface area contributed by atoms with Gasteiger partial charge in [0.05, 0.1) is 5.02 Å². The quantitative estimate of drug-likeness (QED) is 0.287. The number of benzene rings is 2. The van der Waals surface area contributed by atoms with Crippen LogP contribution in [0, 0.1) is 11.6 Å². The van der Waals surface area contributed by atoms with E-state index in [1.165, 1.54) is 47.4 Å². The van der Waals surface area contributed by atoms with Crippen LogP contribution in [-0.2, 0) is 5.75 Å². The Balaban J connectivity index is 1.44. The minimum atomic E-state index is -0.419. The van der Waals surface area contributed by atoms with Crippen molar-refractivity contribution in [3.63, 3.8) is 0 Å². The molecule has 2 aromatic heterocycles. The Labute approximate surface area is 175 Å². The van der Waals surface area contributed by atoms with Gasteiger partial charge in [-0.2, -0.15) is 0 Å². The molecule has 0 bridgehead atoms. The Kier molecular flexibility index (Phi) is 5.58. The summed E-state index contributed by atoms with van der Waals surface area (Å²) in [6.07, 6.45) is 0. The van der Waals surface area contributed by atoms with Crippen molar-refractivity contribution in [2.75, 3.05) is 5.32 Å². The Morgan fingerprint density at radius 2 is 1.82 bits per heavy atom. The van der Waals surface area contributed by atoms with Crippen LogP contribution in [0.2, 0.25) is 5.02 Å². The van der Waals surface area contributed by atoms with Crippen molar-refractivity contribution in [3.8, 4) is 0 Å². The number of carbonyl (C=O) groups is 1. The lowest BCUT2D eigenvalue weighted by Gasteiger charge is -1.99. The summed E-state index contributed by atoms with van der Waals surface area (Å²) in [5.41, 5.74) is 0.955. The normalized spacial score (nSPS) is 11.1. The molecule has 4 nitrogen and oxygen atoms in total. The third-order valence-electron chi connectivity index (χ3n) is 3.70. The van der Waals surface area contributed by atoms with Crippen LogP contribution >= 0.6 is 46.0 Å². The molecule has 28 heavy (non-hydrogen) atoms. The number of nitrogens with one attached hydrogen (secondary N) is 1. The summed E-state index contributed by atoms with van der Waals surface area (Å²) < 4.78 is 27.6. The molecule has 2 heterocycles. The van der Waals surface area contributed by atoms with Gasteiger partial charge in [-0.1, -0.05) is 46.8 Å². The summed E-state index contributed by atoms with van der Waals surface area (Å²) in [4.78, 5) is 12.8. The molecule has 142 valence electrons. The van der Waals surface area contributed by atoms with E-state index in [1.54, 1.807) is 18.2 Å². The second-order valence-corrected chi connectivity index (χ2v) is 9.26. The van der Waals surface area contributed by atoms with Gasteiger partial charge in [0.1, 0.15) is 16.5 Å². The molecular formula is C18H10ClF2N3OS3. The second kappa shape index (κ2) is 8.12. The van der Waals surface area contributed by atoms with Crippen molar-refractivity contribution >= 4 is 67.2 Å². The molecule has 0 saturated heterocycles. The van der Waals surface area contributed by atoms with Gasteiger partial charge in [0, 0.05) is 15.8 Å². The molecule has 0 fully saturated rings. The van der Waals surface area contributed by atoms with Gasteiger partial charge < -0.3 is 0 Å². The van der Waals surface area contributed by atoms with Crippen molar-refractivity contribution in [3.05, 3.63) is 69.6 Å². The van der Waals surface area contributed by atoms with E-state index in [1.807, 2.05) is 0 Å². The number of thiophene rings is 1. The lowest BCUT2D eigenvalue weighted by atomic mass is 10.2. The lowest BCUT2D eigenvalue weighted by Crippen LogP contribution is -2.10. The topological polar surface area (TPSA) is 54.9 Å². The summed E-state index contributed by atoms with van der Waals surface area (Å²) in [5.74, 6) is -0.476. The third kappa shape index (κ3) is 4.17. The van der Waals surface area contributed by atoms with Gasteiger partial charge in [0.25, 0.3) is 5.91 Å². The van der Waals surface area contributed by atoms with Gasteiger partial charge in [-0.3, -0.25) is 10.1 Å². The first kappa shape index (κ1) is 19.3. The molecule has 4 aromatic rings. The van der Waals surface area contributed by atoms with Crippen LogP contribution in [-0.4, -0.2) is 16.1 Å². The second-order valence-electron chi connectivity index (χ2n) is 5.63. The highest BCUT2D eigenvalue weighted by atomic mass is 35.5. The van der Waals surface area contributed by atoms with Crippen molar-refractivity contribution in [1.29, 1.82) is 0 Å². The van der Waals surface area contributed by atoms with Crippen molar-refractivity contribution in [1.82, 2.24) is 10.2 Å². The molecular weight excluding hydrogens is 444 g/mol. The molecule has 10 heteroatoms. The lowest BCUT2D eigenvalue weighted by molar-refractivity contribution is 0.103. The van der Waals surface area contributed by atoms with Gasteiger partial charge in [-0.15, -0.1) is 21.5 Å². The number of carbonyl (C=O) groups excluding carboxylic acids is 1. The van der Waals surface area contributed by atoms with Crippen LogP contribution in [0.1, 0.15) is 15.2 Å². The summed E-state index contributed by atoms with van der Waals surface area (Å²) in [6.45, 7) is 0. The molecule has 0 aliphatic rings. The predicted molar refractivity (Wildman–Crippen MR) is 111 cm³/mol. The Bertz CT molecular complexity index is 1160. The zero-order chi connectivity index (χ0) is 19.7. The van der Waals surface area contributed by atoms with Crippen LogP contribution in [0.5, 0.6) is 0 Å². The summed E-state index contributed by atoms with van der Waals surface area (Å²) in [5, 5.41) is 11.9. The van der Waals surface area contributed by atoms with Crippen LogP contribution < -0.4 is 5.32 Å². The first-order chi connectivity index (χ1) is 13.5. The van der Waals surface area contributed by atoms with Crippen molar-refractivity contribution in [2.24, 2.45) is 0 Å². The first-order valence-corrected chi connectivity index (χ1v) is 10.9. The maximum absolute atomic E-state index is 13.4. The minimum absolute atomic E-state index is 0.280. The Morgan fingerprint density at radius 1 is 1.07 bits per heavy atom. The van der Waals surface area contributed by atoms with E-state index in [0.29, 0.717) is 25.3 Å². The van der Waals surface area contributed by atoms with Crippen LogP contribution in [0.15, 0.2) is 46.8 Å². The molecule has 0 aliphatic heterocycles. The Morgan fingerprint density at radius 3 is 2.61 bits per heavy atom. The maximum Gasteiger partial charge on any atom is 0.269 e. The average molecular weight is 454 g/mol. The number of amides is 1. The number of rotatable bonds is 5. The fourth-order valence-corrected chi connectivity index (χ4v) is 5.52. The molecule has 2 aromatic carbocycles. The highest BCUT2D eigenvalue weighted by molar-refractivity contribution is 8.00. The number of hydrogen-bond donors (Lipinski definition) is 1. The van der Waals surface area contributed by atoms with E-state index >= 15 is 0 Å². The summed E-state index contributed by atoms with van der Waals surface area (Å²) in [7, 11) is 0. The summed E-state index contributed by atoms with van der Waals surface area (Å²) >= 11 is 10.1. The smallest absolute Gasteiger partial charge is 0.269 e. The highest BCUT2D eigenvalue weighted by Crippen LogP contribution is 2.36. The van der Waals surface area contributed by atoms with Gasteiger partial charge >= 0.3 is 0 Å². The molecule has 0 aliphatic carbocycles. The number of thioether (sulfide) groups is 1. The molecule has 1 amide bonds. The molecule has 0 radical (unpaired) electrons. The van der Waals surface area contributed by atoms with Crippen molar-refractivity contribution < 1.29 is 13.6 Å². The fourth-order valence-electron chi connectivity index (χ4n) is 2.38. The van der Waals surface area contributed by atoms with Gasteiger partial charge in [0.15, 0.2) is 4.34 Å². The highest BCUT2D eigenvalue weighted by Gasteiger charge is 2.19. The van der Waals surface area contributed by atoms with E-state index in [-0.39, 0.29) is 21.5 Å². The van der Waals surface area contributed by atoms with Crippen LogP contribution in [0.25, 0.3) is 10.1 Å². The van der Waals surface area contributed by atoms with Gasteiger partial charge in [0.2, 0.25) is 5.13 Å². The van der Waals surface area contributed by atoms with E-state index < -0.39 is 5.91 Å². The standard InChI is InChI=1S/C18H10ClF2N3OS3/c19-14-12-6-5-11(21)7-13(12)27-15(14)16(25)22-17-23-24-18(28-17)26-8-9-1-3-10(20)4-2-9/h1-7H,8H2,(H,22,23,25). The number of aromatic nitrogens is 2. The molecule has 4 rings (SSSR count). The van der Waals surface area contributed by atoms with Crippen molar-refractivity contribution in [2.45, 2.75) is 10.1 Å². The molecule has 0 spiro atoms. The summed E-state index contributed by atoms with van der Waals surface area (Å²) in [6, 6.07) is 10.4. The molecule has 0 saturated carbocycles. The van der Waals surface area contributed by atoms with E-state index in [0.717, 1.165) is 16.9 Å². The average Bonchev–Trinajstić information content (AvgIpc) is 3.25.